The third-order valence-electron chi connectivity index (χ3n) is 10.5. The van der Waals surface area contributed by atoms with Gasteiger partial charge in [-0.3, -0.25) is 0 Å². The average molecular weight is 750 g/mol. The van der Waals surface area contributed by atoms with Crippen molar-refractivity contribution in [2.45, 2.75) is 0 Å². The molecule has 0 aliphatic rings. The highest BCUT2D eigenvalue weighted by molar-refractivity contribution is 7.26. The third kappa shape index (κ3) is 5.68. The highest BCUT2D eigenvalue weighted by Gasteiger charge is 2.19. The van der Waals surface area contributed by atoms with Crippen LogP contribution < -0.4 is 0 Å². The van der Waals surface area contributed by atoms with Crippen LogP contribution in [0.2, 0.25) is 0 Å². The lowest BCUT2D eigenvalue weighted by atomic mass is 9.94. The van der Waals surface area contributed by atoms with E-state index in [4.69, 9.17) is 15.0 Å². The van der Waals surface area contributed by atoms with E-state index in [1.165, 1.54) is 57.2 Å². The fourth-order valence-corrected chi connectivity index (χ4v) is 10.2. The molecule has 0 saturated carbocycles. The molecule has 0 aliphatic carbocycles. The van der Waals surface area contributed by atoms with Crippen LogP contribution in [0.4, 0.5) is 0 Å². The molecule has 56 heavy (non-hydrogen) atoms. The Bertz CT molecular complexity index is 3240. The quantitative estimate of drug-likeness (QED) is 0.170. The maximum atomic E-state index is 5.20. The molecule has 0 saturated heterocycles. The molecule has 0 atom stereocenters. The Balaban J connectivity index is 1.07. The summed E-state index contributed by atoms with van der Waals surface area (Å²) in [6.45, 7) is 0. The normalized spacial score (nSPS) is 11.6. The molecule has 0 spiro atoms. The average Bonchev–Trinajstić information content (AvgIpc) is 3.85. The van der Waals surface area contributed by atoms with Gasteiger partial charge in [-0.1, -0.05) is 152 Å². The molecule has 0 fully saturated rings. The van der Waals surface area contributed by atoms with Gasteiger partial charge in [-0.2, -0.15) is 0 Å². The fraction of sp³-hybridized carbons (Fsp3) is 0. The van der Waals surface area contributed by atoms with Gasteiger partial charge in [0.1, 0.15) is 0 Å². The summed E-state index contributed by atoms with van der Waals surface area (Å²) in [6.07, 6.45) is 0. The molecule has 3 aromatic heterocycles. The first-order chi connectivity index (χ1) is 27.7. The molecule has 3 nitrogen and oxygen atoms in total. The molecule has 0 bridgehead atoms. The van der Waals surface area contributed by atoms with Crippen molar-refractivity contribution >= 4 is 63.0 Å². The Morgan fingerprint density at radius 1 is 0.268 bits per heavy atom. The summed E-state index contributed by atoms with van der Waals surface area (Å²) < 4.78 is 5.05. The lowest BCUT2D eigenvalue weighted by Crippen LogP contribution is -2.00. The van der Waals surface area contributed by atoms with E-state index in [1.54, 1.807) is 0 Å². The Kier molecular flexibility index (Phi) is 7.87. The van der Waals surface area contributed by atoms with Gasteiger partial charge in [0, 0.05) is 57.0 Å². The van der Waals surface area contributed by atoms with Crippen LogP contribution in [-0.4, -0.2) is 15.0 Å². The van der Waals surface area contributed by atoms with Gasteiger partial charge in [-0.15, -0.1) is 22.7 Å². The van der Waals surface area contributed by atoms with Gasteiger partial charge >= 0.3 is 0 Å². The molecule has 0 amide bonds. The molecule has 11 rings (SSSR count). The molecule has 0 radical (unpaired) electrons. The summed E-state index contributed by atoms with van der Waals surface area (Å²) in [7, 11) is 0. The number of rotatable bonds is 6. The van der Waals surface area contributed by atoms with Gasteiger partial charge in [-0.05, 0) is 69.8 Å². The molecular formula is C51H31N3S2. The van der Waals surface area contributed by atoms with Crippen LogP contribution in [0.5, 0.6) is 0 Å². The molecule has 0 N–H and O–H groups in total. The molecule has 8 aromatic carbocycles. The topological polar surface area (TPSA) is 38.7 Å². The van der Waals surface area contributed by atoms with E-state index in [0.717, 1.165) is 33.2 Å². The van der Waals surface area contributed by atoms with E-state index in [2.05, 4.69) is 164 Å². The Labute approximate surface area is 331 Å². The Hall–Kier alpha value is -6.79. The molecule has 0 aliphatic heterocycles. The van der Waals surface area contributed by atoms with Crippen LogP contribution in [0.1, 0.15) is 0 Å². The van der Waals surface area contributed by atoms with Gasteiger partial charge in [-0.25, -0.2) is 15.0 Å². The summed E-state index contributed by atoms with van der Waals surface area (Å²) >= 11 is 3.69. The second-order valence-electron chi connectivity index (χ2n) is 14.0. The number of thiophene rings is 2. The number of nitrogens with zero attached hydrogens (tertiary/aromatic N) is 3. The predicted molar refractivity (Wildman–Crippen MR) is 238 cm³/mol. The smallest absolute Gasteiger partial charge is 0.164 e. The molecule has 11 aromatic rings. The summed E-state index contributed by atoms with van der Waals surface area (Å²) in [6, 6.07) is 66.8. The minimum atomic E-state index is 0.649. The maximum Gasteiger partial charge on any atom is 0.164 e. The van der Waals surface area contributed by atoms with Crippen molar-refractivity contribution < 1.29 is 0 Å². The number of benzene rings is 8. The number of fused-ring (bicyclic) bond motifs is 6. The molecular weight excluding hydrogens is 719 g/mol. The zero-order valence-corrected chi connectivity index (χ0v) is 31.7. The van der Waals surface area contributed by atoms with Gasteiger partial charge in [0.05, 0.1) is 0 Å². The third-order valence-corrected chi connectivity index (χ3v) is 12.8. The summed E-state index contributed by atoms with van der Waals surface area (Å²) in [5, 5.41) is 5.00. The highest BCUT2D eigenvalue weighted by Crippen LogP contribution is 2.45. The van der Waals surface area contributed by atoms with Gasteiger partial charge < -0.3 is 0 Å². The van der Waals surface area contributed by atoms with Crippen molar-refractivity contribution in [2.24, 2.45) is 0 Å². The largest absolute Gasteiger partial charge is 0.208 e. The van der Waals surface area contributed by atoms with Crippen LogP contribution in [0.3, 0.4) is 0 Å². The fourth-order valence-electron chi connectivity index (χ4n) is 7.87. The van der Waals surface area contributed by atoms with E-state index in [0.29, 0.717) is 17.5 Å². The molecule has 3 heterocycles. The van der Waals surface area contributed by atoms with Crippen molar-refractivity contribution in [3.63, 3.8) is 0 Å². The number of hydrogen-bond acceptors (Lipinski definition) is 5. The first kappa shape index (κ1) is 32.6. The van der Waals surface area contributed by atoms with E-state index in [1.807, 2.05) is 46.9 Å². The number of aromatic nitrogens is 3. The van der Waals surface area contributed by atoms with E-state index in [-0.39, 0.29) is 0 Å². The van der Waals surface area contributed by atoms with Crippen molar-refractivity contribution in [2.75, 3.05) is 0 Å². The SMILES string of the molecule is c1ccc(-c2cccc(-c3nc(-c4ccccc4)nc(-c4cccc5sc6cc(-c7cc(-c8ccccc8)c8c(c7)sc7ccccc78)ccc6c45)n3)c2)cc1. The highest BCUT2D eigenvalue weighted by atomic mass is 32.1. The second kappa shape index (κ2) is 13.5. The monoisotopic (exact) mass is 749 g/mol. The van der Waals surface area contributed by atoms with Crippen LogP contribution in [0, 0.1) is 0 Å². The Morgan fingerprint density at radius 3 is 1.61 bits per heavy atom. The lowest BCUT2D eigenvalue weighted by molar-refractivity contribution is 1.08. The summed E-state index contributed by atoms with van der Waals surface area (Å²) in [5.74, 6) is 1.97. The second-order valence-corrected chi connectivity index (χ2v) is 16.1. The van der Waals surface area contributed by atoms with Crippen molar-refractivity contribution in [1.29, 1.82) is 0 Å². The maximum absolute atomic E-state index is 5.20. The molecule has 0 unspecified atom stereocenters. The van der Waals surface area contributed by atoms with Crippen LogP contribution in [0.15, 0.2) is 188 Å². The van der Waals surface area contributed by atoms with Crippen molar-refractivity contribution in [3.8, 4) is 67.5 Å². The van der Waals surface area contributed by atoms with Gasteiger partial charge in [0.2, 0.25) is 0 Å². The van der Waals surface area contributed by atoms with E-state index >= 15 is 0 Å². The first-order valence-corrected chi connectivity index (χ1v) is 20.3. The lowest BCUT2D eigenvalue weighted by Gasteiger charge is -2.11. The van der Waals surface area contributed by atoms with Crippen molar-refractivity contribution in [1.82, 2.24) is 15.0 Å². The molecule has 262 valence electrons. The minimum absolute atomic E-state index is 0.649. The Morgan fingerprint density at radius 2 is 0.804 bits per heavy atom. The van der Waals surface area contributed by atoms with Crippen molar-refractivity contribution in [3.05, 3.63) is 188 Å². The van der Waals surface area contributed by atoms with Gasteiger partial charge in [0.25, 0.3) is 0 Å². The van der Waals surface area contributed by atoms with Crippen LogP contribution in [0.25, 0.3) is 108 Å². The zero-order valence-electron chi connectivity index (χ0n) is 30.1. The zero-order chi connectivity index (χ0) is 37.0. The van der Waals surface area contributed by atoms with E-state index < -0.39 is 0 Å². The van der Waals surface area contributed by atoms with Crippen LogP contribution >= 0.6 is 22.7 Å². The van der Waals surface area contributed by atoms with Gasteiger partial charge in [0.15, 0.2) is 17.5 Å². The summed E-state index contributed by atoms with van der Waals surface area (Å²) in [4.78, 5) is 15.4. The predicted octanol–water partition coefficient (Wildman–Crippen LogP) is 14.6. The van der Waals surface area contributed by atoms with Crippen LogP contribution in [-0.2, 0) is 0 Å². The first-order valence-electron chi connectivity index (χ1n) is 18.7. The summed E-state index contributed by atoms with van der Waals surface area (Å²) in [5.41, 5.74) is 10.1. The van der Waals surface area contributed by atoms with E-state index in [9.17, 15) is 0 Å². The number of hydrogen-bond donors (Lipinski definition) is 0. The standard InChI is InChI=1S/C51H31N3S2/c1-4-14-32(15-5-1)35-20-12-21-37(28-35)50-52-49(34-18-8-3-9-19-34)53-51(54-50)41-23-13-25-44-47(41)40-27-26-36(30-45(40)56-44)38-29-42(33-16-6-2-7-17-33)48-39-22-10-11-24-43(39)55-46(48)31-38/h1-31H. The minimum Gasteiger partial charge on any atom is -0.208 e. The molecule has 5 heteroatoms.